The Morgan fingerprint density at radius 3 is 1.09 bits per heavy atom. The number of aliphatic hydroxyl groups is 1. The number of carboxylic acid groups (broad SMARTS) is 1. The molecule has 0 aliphatic heterocycles. The standard InChI is InChI=1S/C24H23F27N2O3/c1-53(2,7-4-11(55)56)6-3-5-52-9-10(54)8-12(25,26)13(27,28)14(29,30)15(31,32)16(33,34)17(35,36)18(37,38)19(39,40)20(41,42)21(43,44)22(45,46)23(47,48)24(49,50)51/h10,52,54H,3-9H2,1-2H3. The fourth-order valence-electron chi connectivity index (χ4n) is 4.09. The quantitative estimate of drug-likeness (QED) is 0.0691. The number of rotatable bonds is 22. The van der Waals surface area contributed by atoms with Gasteiger partial charge in [-0.05, 0) is 0 Å². The number of carbonyl (C=O) groups is 1. The summed E-state index contributed by atoms with van der Waals surface area (Å²) in [5, 5.41) is 21.9. The molecule has 0 aromatic carbocycles. The average Bonchev–Trinajstić information content (AvgIpc) is 2.97. The maximum atomic E-state index is 14.1. The molecule has 0 aromatic heterocycles. The summed E-state index contributed by atoms with van der Waals surface area (Å²) in [5.41, 5.74) is 0. The van der Waals surface area contributed by atoms with Crippen LogP contribution in [0.5, 0.6) is 0 Å². The van der Waals surface area contributed by atoms with E-state index in [1.807, 2.05) is 5.32 Å². The van der Waals surface area contributed by atoms with Crippen LogP contribution in [0.3, 0.4) is 0 Å². The van der Waals surface area contributed by atoms with E-state index < -0.39 is 115 Å². The Balaban J connectivity index is 6.69. The normalized spacial score (nSPS) is 16.7. The largest absolute Gasteiger partial charge is 0.550 e. The van der Waals surface area contributed by atoms with Crippen molar-refractivity contribution in [2.75, 3.05) is 40.3 Å². The van der Waals surface area contributed by atoms with Gasteiger partial charge in [-0.2, -0.15) is 119 Å². The Hall–Kier alpha value is -2.54. The van der Waals surface area contributed by atoms with Crippen molar-refractivity contribution in [2.45, 2.75) is 103 Å². The lowest BCUT2D eigenvalue weighted by Crippen LogP contribution is -2.78. The Bertz CT molecular complexity index is 1360. The number of quaternary nitrogens is 1. The SMILES string of the molecule is C[N+](C)(CCCNCC(O)CC(F)(F)C(F)(F)C(F)(F)C(F)(F)C(F)(F)C(F)(F)C(F)(F)C(F)(F)C(F)(F)C(F)(F)C(F)(F)C(F)(F)C(F)(F)F)CCC(=O)[O-]. The van der Waals surface area contributed by atoms with Crippen LogP contribution in [0.2, 0.25) is 0 Å². The zero-order valence-corrected chi connectivity index (χ0v) is 26.9. The number of nitrogens with zero attached hydrogens (tertiary/aromatic N) is 1. The van der Waals surface area contributed by atoms with Gasteiger partial charge in [-0.15, -0.1) is 0 Å². The molecule has 0 spiro atoms. The average molecular weight is 900 g/mol. The van der Waals surface area contributed by atoms with Gasteiger partial charge in [-0.25, -0.2) is 0 Å². The molecule has 56 heavy (non-hydrogen) atoms. The minimum atomic E-state index is -9.83. The Labute approximate surface area is 293 Å². The van der Waals surface area contributed by atoms with Gasteiger partial charge in [-0.1, -0.05) is 0 Å². The molecule has 0 amide bonds. The number of hydrogen-bond acceptors (Lipinski definition) is 4. The third-order valence-corrected chi connectivity index (χ3v) is 7.67. The molecule has 1 unspecified atom stereocenters. The summed E-state index contributed by atoms with van der Waals surface area (Å²) in [6.45, 7) is -1.96. The predicted molar refractivity (Wildman–Crippen MR) is 125 cm³/mol. The van der Waals surface area contributed by atoms with Crippen LogP contribution < -0.4 is 10.4 Å². The van der Waals surface area contributed by atoms with Crippen molar-refractivity contribution in [3.63, 3.8) is 0 Å². The summed E-state index contributed by atoms with van der Waals surface area (Å²) in [6.07, 6.45) is -15.3. The monoisotopic (exact) mass is 900 g/mol. The maximum Gasteiger partial charge on any atom is 0.460 e. The zero-order valence-electron chi connectivity index (χ0n) is 26.9. The molecule has 1 atom stereocenters. The summed E-state index contributed by atoms with van der Waals surface area (Å²) >= 11 is 0. The smallest absolute Gasteiger partial charge is 0.460 e. The molecular weight excluding hydrogens is 877 g/mol. The van der Waals surface area contributed by atoms with Gasteiger partial charge in [0.2, 0.25) is 0 Å². The van der Waals surface area contributed by atoms with E-state index >= 15 is 0 Å². The highest BCUT2D eigenvalue weighted by Crippen LogP contribution is 2.68. The summed E-state index contributed by atoms with van der Waals surface area (Å²) in [5.74, 6) is -112. The molecule has 0 saturated heterocycles. The second-order valence-corrected chi connectivity index (χ2v) is 12.4. The zero-order chi connectivity index (χ0) is 45.8. The van der Waals surface area contributed by atoms with Crippen molar-refractivity contribution in [3.05, 3.63) is 0 Å². The molecule has 0 fully saturated rings. The van der Waals surface area contributed by atoms with Gasteiger partial charge < -0.3 is 24.8 Å². The fourth-order valence-corrected chi connectivity index (χ4v) is 4.09. The van der Waals surface area contributed by atoms with Crippen LogP contribution in [-0.4, -0.2) is 139 Å². The molecule has 0 heterocycles. The maximum absolute atomic E-state index is 14.1. The van der Waals surface area contributed by atoms with E-state index in [9.17, 15) is 134 Å². The van der Waals surface area contributed by atoms with E-state index in [4.69, 9.17) is 0 Å². The first-order valence-corrected chi connectivity index (χ1v) is 14.0. The molecule has 2 N–H and O–H groups in total. The van der Waals surface area contributed by atoms with Crippen LogP contribution in [0.1, 0.15) is 19.3 Å². The molecule has 0 saturated carbocycles. The highest BCUT2D eigenvalue weighted by atomic mass is 19.4. The van der Waals surface area contributed by atoms with E-state index in [0.717, 1.165) is 0 Å². The van der Waals surface area contributed by atoms with Crippen molar-refractivity contribution >= 4 is 5.97 Å². The third kappa shape index (κ3) is 8.32. The minimum Gasteiger partial charge on any atom is -0.550 e. The van der Waals surface area contributed by atoms with Crippen LogP contribution in [-0.2, 0) is 4.79 Å². The van der Waals surface area contributed by atoms with Gasteiger partial charge in [0.25, 0.3) is 0 Å². The minimum absolute atomic E-state index is 0.0102. The molecule has 0 aromatic rings. The van der Waals surface area contributed by atoms with E-state index in [1.165, 1.54) is 14.1 Å². The highest BCUT2D eigenvalue weighted by molar-refractivity contribution is 5.64. The molecule has 5 nitrogen and oxygen atoms in total. The van der Waals surface area contributed by atoms with Crippen LogP contribution in [0.15, 0.2) is 0 Å². The number of aliphatic hydroxyl groups excluding tert-OH is 1. The topological polar surface area (TPSA) is 72.4 Å². The predicted octanol–water partition coefficient (Wildman–Crippen LogP) is 7.12. The number of nitrogens with one attached hydrogen (secondary N) is 1. The van der Waals surface area contributed by atoms with Gasteiger partial charge in [-0.3, -0.25) is 0 Å². The van der Waals surface area contributed by atoms with Crippen LogP contribution in [0.25, 0.3) is 0 Å². The lowest BCUT2D eigenvalue weighted by atomic mass is 9.83. The van der Waals surface area contributed by atoms with Crippen molar-refractivity contribution in [2.24, 2.45) is 0 Å². The van der Waals surface area contributed by atoms with Gasteiger partial charge in [0.1, 0.15) is 0 Å². The van der Waals surface area contributed by atoms with Crippen molar-refractivity contribution in [1.82, 2.24) is 5.32 Å². The van der Waals surface area contributed by atoms with Gasteiger partial charge in [0, 0.05) is 38.3 Å². The van der Waals surface area contributed by atoms with Gasteiger partial charge in [0.05, 0.1) is 33.3 Å². The highest BCUT2D eigenvalue weighted by Gasteiger charge is 3.00. The number of aliphatic carboxylic acids is 1. The molecule has 0 aliphatic carbocycles. The van der Waals surface area contributed by atoms with E-state index in [-0.39, 0.29) is 24.0 Å². The molecule has 0 bridgehead atoms. The molecular formula is C24H23F27N2O3. The number of alkyl halides is 27. The second kappa shape index (κ2) is 15.2. The Kier molecular flexibility index (Phi) is 14.6. The summed E-state index contributed by atoms with van der Waals surface area (Å²) in [4.78, 5) is 10.5. The first-order valence-electron chi connectivity index (χ1n) is 14.0. The van der Waals surface area contributed by atoms with Crippen molar-refractivity contribution in [3.8, 4) is 0 Å². The fraction of sp³-hybridized carbons (Fsp3) is 0.958. The number of hydrogen-bond donors (Lipinski definition) is 2. The van der Waals surface area contributed by atoms with Crippen LogP contribution >= 0.6 is 0 Å². The molecule has 0 aliphatic rings. The molecule has 0 radical (unpaired) electrons. The van der Waals surface area contributed by atoms with E-state index in [0.29, 0.717) is 0 Å². The number of halogens is 27. The van der Waals surface area contributed by atoms with E-state index in [1.54, 1.807) is 0 Å². The second-order valence-electron chi connectivity index (χ2n) is 12.4. The summed E-state index contributed by atoms with van der Waals surface area (Å²) in [6, 6.07) is 0. The Morgan fingerprint density at radius 1 is 0.518 bits per heavy atom. The third-order valence-electron chi connectivity index (χ3n) is 7.67. The van der Waals surface area contributed by atoms with Gasteiger partial charge >= 0.3 is 77.2 Å². The molecule has 336 valence electrons. The van der Waals surface area contributed by atoms with Gasteiger partial charge in [0.15, 0.2) is 0 Å². The number of carbonyl (C=O) groups excluding carboxylic acids is 1. The summed E-state index contributed by atoms with van der Waals surface area (Å²) in [7, 11) is 2.84. The first kappa shape index (κ1) is 53.5. The molecule has 0 rings (SSSR count). The van der Waals surface area contributed by atoms with Crippen LogP contribution in [0.4, 0.5) is 119 Å². The Morgan fingerprint density at radius 2 is 0.804 bits per heavy atom. The van der Waals surface area contributed by atoms with Crippen molar-refractivity contribution in [1.29, 1.82) is 0 Å². The van der Waals surface area contributed by atoms with Crippen LogP contribution in [0, 0.1) is 0 Å². The molecule has 32 heteroatoms. The lowest BCUT2D eigenvalue weighted by molar-refractivity contribution is -0.890. The van der Waals surface area contributed by atoms with Crippen molar-refractivity contribution < 1.29 is 138 Å². The first-order chi connectivity index (χ1) is 24.0. The van der Waals surface area contributed by atoms with E-state index in [2.05, 4.69) is 0 Å². The summed E-state index contributed by atoms with van der Waals surface area (Å²) < 4.78 is 367. The number of carboxylic acids is 1. The lowest BCUT2D eigenvalue weighted by Gasteiger charge is -2.46.